The number of methoxy groups -OCH3 is 1. The third-order valence-corrected chi connectivity index (χ3v) is 1.70. The number of nitro benzene ring substituents is 1. The number of hydrogen-bond donors (Lipinski definition) is 2. The first kappa shape index (κ1) is 10.8. The van der Waals surface area contributed by atoms with E-state index >= 15 is 0 Å². The molecule has 80 valence electrons. The van der Waals surface area contributed by atoms with Crippen LogP contribution in [0.25, 0.3) is 0 Å². The average Bonchev–Trinajstić information content (AvgIpc) is 2.17. The maximum atomic E-state index is 10.6. The number of hydrogen-bond acceptors (Lipinski definition) is 6. The smallest absolute Gasteiger partial charge is 0.315 e. The van der Waals surface area contributed by atoms with Gasteiger partial charge in [-0.05, 0) is 6.07 Å². The Kier molecular flexibility index (Phi) is 3.06. The number of nitrogens with zero attached hydrogens (tertiary/aromatic N) is 2. The highest BCUT2D eigenvalue weighted by Crippen LogP contribution is 2.36. The van der Waals surface area contributed by atoms with E-state index in [1.54, 1.807) is 0 Å². The molecular formula is C8H9N3O4. The summed E-state index contributed by atoms with van der Waals surface area (Å²) in [6.07, 6.45) is 1.19. The Morgan fingerprint density at radius 1 is 1.67 bits per heavy atom. The maximum Gasteiger partial charge on any atom is 0.315 e. The number of aromatic hydroxyl groups is 1. The highest BCUT2D eigenvalue weighted by Gasteiger charge is 2.19. The molecule has 0 spiro atoms. The topological polar surface area (TPSA) is 111 Å². The molecule has 0 saturated heterocycles. The summed E-state index contributed by atoms with van der Waals surface area (Å²) in [4.78, 5) is 9.97. The fourth-order valence-corrected chi connectivity index (χ4v) is 1.13. The lowest BCUT2D eigenvalue weighted by Gasteiger charge is -2.04. The summed E-state index contributed by atoms with van der Waals surface area (Å²) >= 11 is 0. The molecular weight excluding hydrogens is 202 g/mol. The van der Waals surface area contributed by atoms with Gasteiger partial charge in [-0.1, -0.05) is 0 Å². The van der Waals surface area contributed by atoms with Crippen molar-refractivity contribution < 1.29 is 14.8 Å². The van der Waals surface area contributed by atoms with Gasteiger partial charge >= 0.3 is 5.69 Å². The van der Waals surface area contributed by atoms with Crippen LogP contribution in [0.3, 0.4) is 0 Å². The molecule has 1 aromatic carbocycles. The van der Waals surface area contributed by atoms with Crippen molar-refractivity contribution in [2.45, 2.75) is 0 Å². The first-order chi connectivity index (χ1) is 7.10. The van der Waals surface area contributed by atoms with Crippen LogP contribution in [0.2, 0.25) is 0 Å². The number of benzene rings is 1. The maximum absolute atomic E-state index is 10.6. The lowest BCUT2D eigenvalue weighted by Crippen LogP contribution is -1.96. The molecule has 0 aromatic heterocycles. The van der Waals surface area contributed by atoms with Crippen molar-refractivity contribution in [2.75, 3.05) is 7.11 Å². The molecule has 0 saturated carbocycles. The molecule has 0 amide bonds. The van der Waals surface area contributed by atoms with Crippen molar-refractivity contribution in [1.82, 2.24) is 0 Å². The van der Waals surface area contributed by atoms with E-state index in [9.17, 15) is 15.2 Å². The molecule has 0 heterocycles. The van der Waals surface area contributed by atoms with Crippen LogP contribution in [0.5, 0.6) is 11.5 Å². The summed E-state index contributed by atoms with van der Waals surface area (Å²) in [5.41, 5.74) is -0.0186. The van der Waals surface area contributed by atoms with E-state index in [0.717, 1.165) is 0 Å². The minimum atomic E-state index is -0.660. The molecule has 0 aliphatic carbocycles. The molecule has 0 aliphatic heterocycles. The van der Waals surface area contributed by atoms with Gasteiger partial charge in [0.15, 0.2) is 5.75 Å². The highest BCUT2D eigenvalue weighted by molar-refractivity contribution is 5.82. The van der Waals surface area contributed by atoms with Gasteiger partial charge in [-0.2, -0.15) is 5.10 Å². The van der Waals surface area contributed by atoms with Crippen LogP contribution in [0.1, 0.15) is 5.56 Å². The molecule has 0 atom stereocenters. The lowest BCUT2D eigenvalue weighted by molar-refractivity contribution is -0.385. The second kappa shape index (κ2) is 4.27. The molecule has 0 radical (unpaired) electrons. The van der Waals surface area contributed by atoms with E-state index in [4.69, 9.17) is 10.6 Å². The van der Waals surface area contributed by atoms with Crippen molar-refractivity contribution in [3.05, 3.63) is 27.8 Å². The van der Waals surface area contributed by atoms with Gasteiger partial charge in [0.2, 0.25) is 5.75 Å². The molecule has 7 nitrogen and oxygen atoms in total. The van der Waals surface area contributed by atoms with E-state index in [2.05, 4.69) is 5.10 Å². The third kappa shape index (κ3) is 2.13. The Hall–Kier alpha value is -2.31. The standard InChI is InChI=1S/C8H9N3O4/c1-15-8-6(11(13)14)2-5(4-10-9)3-7(8)12/h2-4,12H,9H2,1H3. The van der Waals surface area contributed by atoms with Crippen molar-refractivity contribution in [2.24, 2.45) is 10.9 Å². The number of ether oxygens (including phenoxy) is 1. The van der Waals surface area contributed by atoms with Crippen molar-refractivity contribution in [1.29, 1.82) is 0 Å². The number of phenols is 1. The fraction of sp³-hybridized carbons (Fsp3) is 0.125. The van der Waals surface area contributed by atoms with Gasteiger partial charge in [0.1, 0.15) is 0 Å². The number of nitro groups is 1. The second-order valence-electron chi connectivity index (χ2n) is 2.63. The Labute approximate surface area is 84.9 Å². The van der Waals surface area contributed by atoms with Crippen LogP contribution in [0.15, 0.2) is 17.2 Å². The Bertz CT molecular complexity index is 417. The summed E-state index contributed by atoms with van der Waals surface area (Å²) in [6.45, 7) is 0. The van der Waals surface area contributed by atoms with Crippen LogP contribution in [-0.2, 0) is 0 Å². The molecule has 1 rings (SSSR count). The summed E-state index contributed by atoms with van der Waals surface area (Å²) < 4.78 is 4.70. The van der Waals surface area contributed by atoms with Crippen LogP contribution in [-0.4, -0.2) is 23.4 Å². The van der Waals surface area contributed by atoms with Gasteiger partial charge in [-0.25, -0.2) is 0 Å². The quantitative estimate of drug-likeness (QED) is 0.329. The van der Waals surface area contributed by atoms with Gasteiger partial charge < -0.3 is 15.7 Å². The predicted molar refractivity (Wildman–Crippen MR) is 53.1 cm³/mol. The zero-order valence-corrected chi connectivity index (χ0v) is 7.88. The van der Waals surface area contributed by atoms with E-state index < -0.39 is 4.92 Å². The zero-order chi connectivity index (χ0) is 11.4. The van der Waals surface area contributed by atoms with Gasteiger partial charge in [0, 0.05) is 11.6 Å². The number of rotatable bonds is 3. The van der Waals surface area contributed by atoms with Gasteiger partial charge in [0.05, 0.1) is 18.2 Å². The zero-order valence-electron chi connectivity index (χ0n) is 7.88. The number of nitrogens with two attached hydrogens (primary N) is 1. The Balaban J connectivity index is 3.38. The van der Waals surface area contributed by atoms with Crippen molar-refractivity contribution in [3.63, 3.8) is 0 Å². The van der Waals surface area contributed by atoms with E-state index in [0.29, 0.717) is 5.56 Å². The van der Waals surface area contributed by atoms with Gasteiger partial charge in [-0.3, -0.25) is 10.1 Å². The largest absolute Gasteiger partial charge is 0.504 e. The molecule has 0 unspecified atom stereocenters. The van der Waals surface area contributed by atoms with Gasteiger partial charge in [0.25, 0.3) is 0 Å². The second-order valence-corrected chi connectivity index (χ2v) is 2.63. The van der Waals surface area contributed by atoms with Crippen LogP contribution in [0, 0.1) is 10.1 Å². The highest BCUT2D eigenvalue weighted by atomic mass is 16.6. The molecule has 15 heavy (non-hydrogen) atoms. The molecule has 0 bridgehead atoms. The minimum Gasteiger partial charge on any atom is -0.504 e. The van der Waals surface area contributed by atoms with Crippen LogP contribution in [0.4, 0.5) is 5.69 Å². The Morgan fingerprint density at radius 3 is 2.80 bits per heavy atom. The van der Waals surface area contributed by atoms with Crippen molar-refractivity contribution >= 4 is 11.9 Å². The molecule has 7 heteroatoms. The summed E-state index contributed by atoms with van der Waals surface area (Å²) in [6, 6.07) is 2.47. The van der Waals surface area contributed by atoms with E-state index in [-0.39, 0.29) is 17.2 Å². The fourth-order valence-electron chi connectivity index (χ4n) is 1.13. The first-order valence-electron chi connectivity index (χ1n) is 3.88. The average molecular weight is 211 g/mol. The van der Waals surface area contributed by atoms with E-state index in [1.165, 1.54) is 25.5 Å². The summed E-state index contributed by atoms with van der Waals surface area (Å²) in [5.74, 6) is 4.38. The van der Waals surface area contributed by atoms with Gasteiger partial charge in [-0.15, -0.1) is 0 Å². The molecule has 3 N–H and O–H groups in total. The van der Waals surface area contributed by atoms with E-state index in [1.807, 2.05) is 0 Å². The number of phenolic OH excluding ortho intramolecular Hbond substituents is 1. The van der Waals surface area contributed by atoms with Crippen LogP contribution >= 0.6 is 0 Å². The molecule has 0 aliphatic rings. The predicted octanol–water partition coefficient (Wildman–Crippen LogP) is 0.602. The normalized spacial score (nSPS) is 10.5. The third-order valence-electron chi connectivity index (χ3n) is 1.70. The minimum absolute atomic E-state index is 0.186. The monoisotopic (exact) mass is 211 g/mol. The van der Waals surface area contributed by atoms with Crippen LogP contribution < -0.4 is 10.6 Å². The molecule has 1 aromatic rings. The van der Waals surface area contributed by atoms with Crippen molar-refractivity contribution in [3.8, 4) is 11.5 Å². The summed E-state index contributed by atoms with van der Waals surface area (Å²) in [5, 5.41) is 23.2. The molecule has 0 fully saturated rings. The SMILES string of the molecule is COc1c(O)cc(C=NN)cc1[N+](=O)[O-]. The summed E-state index contributed by atoms with van der Waals surface area (Å²) in [7, 11) is 1.23. The Morgan fingerprint density at radius 2 is 2.33 bits per heavy atom. The first-order valence-corrected chi connectivity index (χ1v) is 3.88. The number of hydrazone groups is 1. The lowest BCUT2D eigenvalue weighted by atomic mass is 10.2.